The molecule has 0 N–H and O–H groups in total. The second kappa shape index (κ2) is 20.8. The van der Waals surface area contributed by atoms with Gasteiger partial charge in [0, 0.05) is 50.3 Å². The third-order valence-electron chi connectivity index (χ3n) is 26.6. The molecule has 8 aliphatic rings. The molecule has 3 nitrogen and oxygen atoms in total. The highest BCUT2D eigenvalue weighted by Crippen LogP contribution is 2.70. The summed E-state index contributed by atoms with van der Waals surface area (Å²) in [6.07, 6.45) is 0. The van der Waals surface area contributed by atoms with Gasteiger partial charge >= 0.3 is 0 Å². The fourth-order valence-electron chi connectivity index (χ4n) is 22.9. The predicted molar refractivity (Wildman–Crippen MR) is 449 cm³/mol. The lowest BCUT2D eigenvalue weighted by Gasteiger charge is -2.47. The summed E-state index contributed by atoms with van der Waals surface area (Å²) < 4.78 is 2.58. The highest BCUT2D eigenvalue weighted by molar-refractivity contribution is 7.00. The van der Waals surface area contributed by atoms with Crippen LogP contribution in [0.2, 0.25) is 0 Å². The maximum absolute atomic E-state index is 2.85. The first-order valence-corrected chi connectivity index (χ1v) is 38.4. The molecule has 0 radical (unpaired) electrons. The first-order chi connectivity index (χ1) is 54.1. The zero-order valence-corrected chi connectivity index (χ0v) is 59.2. The first-order valence-electron chi connectivity index (χ1n) is 38.4. The van der Waals surface area contributed by atoms with Crippen molar-refractivity contribution in [2.45, 2.75) is 16.2 Å². The maximum Gasteiger partial charge on any atom is 0.252 e. The third-order valence-corrected chi connectivity index (χ3v) is 26.6. The van der Waals surface area contributed by atoms with E-state index in [1.807, 2.05) is 0 Å². The van der Waals surface area contributed by atoms with Gasteiger partial charge in [-0.2, -0.15) is 0 Å². The molecule has 6 aliphatic carbocycles. The summed E-state index contributed by atoms with van der Waals surface area (Å²) in [4.78, 5) is 5.53. The van der Waals surface area contributed by atoms with Crippen molar-refractivity contribution in [2.75, 3.05) is 9.80 Å². The number of rotatable bonds is 4. The zero-order valence-electron chi connectivity index (χ0n) is 59.2. The average molecular weight is 1380 g/mol. The minimum Gasteiger partial charge on any atom is -0.311 e. The number of nitrogens with zero attached hydrogens (tertiary/aromatic N) is 3. The standard InChI is InChI=1S/C105H62BN3/c1-2-27-63(28-3-1)64-53-58-95-92(59-64)106-91-57-55-77-73-35-10-22-47-87(73)105(85-45-20-8-33-71(85)72-34-9-21-46-86(72)105)100(77)102(91)109(96-52-26-49-90-99(96)78-39-12-23-48-88(78)104(90)82-42-17-6-31-69(82)70-32-7-18-43-83(70)104)98-62-66(108-93-50-24-13-37-75(93)76-38-14-25-51-94(76)108)61-97(101(98)106)107(95)65-54-56-89-79(60-65)74-36-11-19-44-84(74)103(89)80-40-15-4-29-67(80)68-30-5-16-41-81(68)103/h1-62H. The highest BCUT2D eigenvalue weighted by atomic mass is 15.2. The van der Waals surface area contributed by atoms with Crippen LogP contribution in [0.3, 0.4) is 0 Å². The fraction of sp³-hybridized carbons (Fsp3) is 0.0286. The molecule has 109 heavy (non-hydrogen) atoms. The normalized spacial score (nSPS) is 15.0. The molecule has 17 aromatic carbocycles. The Morgan fingerprint density at radius 3 is 1.17 bits per heavy atom. The highest BCUT2D eigenvalue weighted by Gasteiger charge is 2.59. The molecule has 0 unspecified atom stereocenters. The fourth-order valence-corrected chi connectivity index (χ4v) is 22.9. The van der Waals surface area contributed by atoms with E-state index in [1.54, 1.807) is 0 Å². The Morgan fingerprint density at radius 1 is 0.220 bits per heavy atom. The van der Waals surface area contributed by atoms with Crippen LogP contribution in [0.4, 0.5) is 34.1 Å². The Balaban J connectivity index is 0.842. The van der Waals surface area contributed by atoms with Gasteiger partial charge in [-0.25, -0.2) is 0 Å². The first kappa shape index (κ1) is 58.5. The number of aromatic nitrogens is 1. The molecule has 0 fully saturated rings. The van der Waals surface area contributed by atoms with Gasteiger partial charge in [0.2, 0.25) is 0 Å². The Bertz CT molecular complexity index is 6960. The van der Waals surface area contributed by atoms with Gasteiger partial charge in [-0.1, -0.05) is 328 Å². The van der Waals surface area contributed by atoms with Crippen LogP contribution in [-0.4, -0.2) is 11.3 Å². The van der Waals surface area contributed by atoms with E-state index in [0.29, 0.717) is 0 Å². The van der Waals surface area contributed by atoms with Gasteiger partial charge in [-0.05, 0) is 198 Å². The molecule has 0 bridgehead atoms. The van der Waals surface area contributed by atoms with Gasteiger partial charge < -0.3 is 14.4 Å². The van der Waals surface area contributed by atoms with E-state index in [9.17, 15) is 0 Å². The molecular formula is C105H62BN3. The summed E-state index contributed by atoms with van der Waals surface area (Å²) in [5, 5.41) is 2.44. The predicted octanol–water partition coefficient (Wildman–Crippen LogP) is 23.6. The quantitative estimate of drug-likeness (QED) is 0.163. The lowest BCUT2D eigenvalue weighted by molar-refractivity contribution is 0.791. The number of para-hydroxylation sites is 2. The zero-order chi connectivity index (χ0) is 70.7. The molecule has 1 aromatic heterocycles. The Labute approximate surface area is 631 Å². The van der Waals surface area contributed by atoms with Crippen LogP contribution in [0.15, 0.2) is 376 Å². The molecule has 0 saturated carbocycles. The van der Waals surface area contributed by atoms with Crippen LogP contribution in [0, 0.1) is 0 Å². The van der Waals surface area contributed by atoms with Crippen LogP contribution < -0.4 is 26.2 Å². The van der Waals surface area contributed by atoms with Crippen molar-refractivity contribution in [3.05, 3.63) is 443 Å². The van der Waals surface area contributed by atoms with E-state index in [2.05, 4.69) is 390 Å². The van der Waals surface area contributed by atoms with Crippen molar-refractivity contribution >= 4 is 79.0 Å². The second-order valence-corrected chi connectivity index (χ2v) is 31.0. The molecule has 3 spiro atoms. The topological polar surface area (TPSA) is 11.4 Å². The van der Waals surface area contributed by atoms with Crippen LogP contribution >= 0.6 is 0 Å². The van der Waals surface area contributed by atoms with E-state index in [4.69, 9.17) is 0 Å². The largest absolute Gasteiger partial charge is 0.311 e. The molecule has 26 rings (SSSR count). The number of hydrogen-bond acceptors (Lipinski definition) is 2. The Hall–Kier alpha value is -13.8. The van der Waals surface area contributed by atoms with E-state index in [1.165, 1.54) is 177 Å². The van der Waals surface area contributed by atoms with Crippen molar-refractivity contribution in [2.24, 2.45) is 0 Å². The second-order valence-electron chi connectivity index (χ2n) is 31.0. The van der Waals surface area contributed by atoms with E-state index in [-0.39, 0.29) is 6.71 Å². The van der Waals surface area contributed by atoms with E-state index < -0.39 is 16.2 Å². The van der Waals surface area contributed by atoms with Gasteiger partial charge in [0.05, 0.1) is 38.7 Å². The Morgan fingerprint density at radius 2 is 0.633 bits per heavy atom. The summed E-state index contributed by atoms with van der Waals surface area (Å²) in [6.45, 7) is -0.273. The lowest BCUT2D eigenvalue weighted by atomic mass is 9.33. The van der Waals surface area contributed by atoms with E-state index >= 15 is 0 Å². The van der Waals surface area contributed by atoms with Gasteiger partial charge in [0.1, 0.15) is 0 Å². The van der Waals surface area contributed by atoms with Crippen LogP contribution in [0.1, 0.15) is 66.8 Å². The molecule has 0 atom stereocenters. The molecule has 2 aliphatic heterocycles. The van der Waals surface area contributed by atoms with E-state index in [0.717, 1.165) is 45.2 Å². The minimum absolute atomic E-state index is 0.273. The lowest BCUT2D eigenvalue weighted by Crippen LogP contribution is -2.62. The number of anilines is 6. The smallest absolute Gasteiger partial charge is 0.252 e. The van der Waals surface area contributed by atoms with Gasteiger partial charge in [-0.15, -0.1) is 0 Å². The number of hydrogen-bond donors (Lipinski definition) is 0. The monoisotopic (exact) mass is 1380 g/mol. The summed E-state index contributed by atoms with van der Waals surface area (Å²) >= 11 is 0. The van der Waals surface area contributed by atoms with Crippen molar-refractivity contribution in [1.82, 2.24) is 4.57 Å². The molecular weight excluding hydrogens is 1310 g/mol. The van der Waals surface area contributed by atoms with Gasteiger partial charge in [0.25, 0.3) is 6.71 Å². The summed E-state index contributed by atoms with van der Waals surface area (Å²) in [7, 11) is 0. The molecule has 0 amide bonds. The summed E-state index contributed by atoms with van der Waals surface area (Å²) in [5.41, 5.74) is 45.8. The van der Waals surface area contributed by atoms with Crippen molar-refractivity contribution in [3.63, 3.8) is 0 Å². The van der Waals surface area contributed by atoms with Crippen molar-refractivity contribution in [3.8, 4) is 83.6 Å². The SMILES string of the molecule is c1ccc(-c2ccc3c(c2)B2c4ccc5c(c4N(c4cccc6c4-c4ccccc4C64c6ccccc6-c6ccccc64)c4cc(-n6c7ccccc7c7ccccc76)cc(c42)N3c2ccc3c(c2)-c2ccccc2C32c3ccccc3-c3ccccc32)C2(c3ccccc3-c3ccccc32)c2ccccc2-5)cc1. The maximum atomic E-state index is 2.85. The van der Waals surface area contributed by atoms with Crippen LogP contribution in [-0.2, 0) is 16.2 Å². The number of fused-ring (bicyclic) bond motifs is 38. The summed E-state index contributed by atoms with van der Waals surface area (Å²) in [6, 6.07) is 146. The molecule has 500 valence electrons. The van der Waals surface area contributed by atoms with Crippen LogP contribution in [0.5, 0.6) is 0 Å². The van der Waals surface area contributed by atoms with Crippen molar-refractivity contribution < 1.29 is 0 Å². The molecule has 4 heteroatoms. The van der Waals surface area contributed by atoms with Crippen molar-refractivity contribution in [1.29, 1.82) is 0 Å². The van der Waals surface area contributed by atoms with Gasteiger partial charge in [0.15, 0.2) is 0 Å². The molecule has 3 heterocycles. The van der Waals surface area contributed by atoms with Crippen LogP contribution in [0.25, 0.3) is 105 Å². The number of benzene rings is 17. The molecule has 0 saturated heterocycles. The summed E-state index contributed by atoms with van der Waals surface area (Å²) in [5.74, 6) is 0. The minimum atomic E-state index is -0.734. The van der Waals surface area contributed by atoms with Gasteiger partial charge in [-0.3, -0.25) is 0 Å². The average Bonchev–Trinajstić information content (AvgIpc) is 1.58. The Kier molecular flexibility index (Phi) is 11.2. The third kappa shape index (κ3) is 6.92. The molecule has 18 aromatic rings.